The quantitative estimate of drug-likeness (QED) is 0.604. The van der Waals surface area contributed by atoms with Gasteiger partial charge >= 0.3 is 0 Å². The number of aryl methyl sites for hydroxylation is 1. The second-order valence-corrected chi connectivity index (χ2v) is 7.90. The molecule has 0 aliphatic carbocycles. The van der Waals surface area contributed by atoms with E-state index in [1.165, 1.54) is 29.8 Å². The van der Waals surface area contributed by atoms with E-state index in [0.29, 0.717) is 49.7 Å². The Kier molecular flexibility index (Phi) is 6.50. The molecular weight excluding hydrogens is 407 g/mol. The van der Waals surface area contributed by atoms with Crippen LogP contribution >= 0.6 is 0 Å². The van der Waals surface area contributed by atoms with Crippen molar-refractivity contribution in [2.24, 2.45) is 0 Å². The first kappa shape index (κ1) is 21.6. The molecule has 0 aromatic heterocycles. The minimum atomic E-state index is -0.373. The topological polar surface area (TPSA) is 49.9 Å². The SMILES string of the molecule is Cc1cccc(COc2cccc(C(=O)N3CCN(C(=O)c4ccc(F)cc4)CC3)c2)c1. The molecule has 0 N–H and O–H groups in total. The Labute approximate surface area is 187 Å². The summed E-state index contributed by atoms with van der Waals surface area (Å²) in [7, 11) is 0. The van der Waals surface area contributed by atoms with E-state index in [-0.39, 0.29) is 17.6 Å². The van der Waals surface area contributed by atoms with E-state index in [1.54, 1.807) is 21.9 Å². The van der Waals surface area contributed by atoms with Gasteiger partial charge in [-0.05, 0) is 55.0 Å². The van der Waals surface area contributed by atoms with Crippen molar-refractivity contribution in [2.45, 2.75) is 13.5 Å². The van der Waals surface area contributed by atoms with Crippen molar-refractivity contribution in [1.82, 2.24) is 9.80 Å². The highest BCUT2D eigenvalue weighted by Gasteiger charge is 2.25. The molecule has 0 radical (unpaired) electrons. The van der Waals surface area contributed by atoms with Crippen molar-refractivity contribution < 1.29 is 18.7 Å². The normalized spacial score (nSPS) is 13.7. The van der Waals surface area contributed by atoms with Crippen LogP contribution in [0.4, 0.5) is 4.39 Å². The summed E-state index contributed by atoms with van der Waals surface area (Å²) in [6, 6.07) is 20.8. The molecule has 0 saturated carbocycles. The number of rotatable bonds is 5. The van der Waals surface area contributed by atoms with Gasteiger partial charge in [0.15, 0.2) is 0 Å². The van der Waals surface area contributed by atoms with Gasteiger partial charge in [0.05, 0.1) is 0 Å². The Hall–Kier alpha value is -3.67. The molecule has 0 atom stereocenters. The number of amides is 2. The van der Waals surface area contributed by atoms with Gasteiger partial charge in [-0.3, -0.25) is 9.59 Å². The van der Waals surface area contributed by atoms with Crippen LogP contribution in [0, 0.1) is 12.7 Å². The number of benzene rings is 3. The van der Waals surface area contributed by atoms with Gasteiger partial charge < -0.3 is 14.5 Å². The van der Waals surface area contributed by atoms with Gasteiger partial charge in [-0.25, -0.2) is 4.39 Å². The fraction of sp³-hybridized carbons (Fsp3) is 0.231. The van der Waals surface area contributed by atoms with Crippen LogP contribution in [0.25, 0.3) is 0 Å². The fourth-order valence-electron chi connectivity index (χ4n) is 3.76. The molecular formula is C26H25FN2O3. The molecule has 1 saturated heterocycles. The van der Waals surface area contributed by atoms with Gasteiger partial charge in [0.1, 0.15) is 18.2 Å². The third-order valence-corrected chi connectivity index (χ3v) is 5.51. The van der Waals surface area contributed by atoms with E-state index in [1.807, 2.05) is 37.3 Å². The van der Waals surface area contributed by atoms with Crippen LogP contribution in [0.2, 0.25) is 0 Å². The average molecular weight is 432 g/mol. The monoisotopic (exact) mass is 432 g/mol. The molecule has 1 heterocycles. The summed E-state index contributed by atoms with van der Waals surface area (Å²) < 4.78 is 19.0. The largest absolute Gasteiger partial charge is 0.489 e. The van der Waals surface area contributed by atoms with Crippen LogP contribution in [0.15, 0.2) is 72.8 Å². The van der Waals surface area contributed by atoms with Crippen molar-refractivity contribution in [3.63, 3.8) is 0 Å². The molecule has 1 fully saturated rings. The Balaban J connectivity index is 1.34. The first-order valence-electron chi connectivity index (χ1n) is 10.6. The van der Waals surface area contributed by atoms with Crippen molar-refractivity contribution >= 4 is 11.8 Å². The Morgan fingerprint density at radius 3 is 2.09 bits per heavy atom. The maximum atomic E-state index is 13.1. The Bertz CT molecular complexity index is 1110. The minimum Gasteiger partial charge on any atom is -0.489 e. The lowest BCUT2D eigenvalue weighted by Crippen LogP contribution is -2.50. The number of hydrogen-bond donors (Lipinski definition) is 0. The van der Waals surface area contributed by atoms with Crippen molar-refractivity contribution in [1.29, 1.82) is 0 Å². The number of halogens is 1. The number of nitrogens with zero attached hydrogens (tertiary/aromatic N) is 2. The number of hydrogen-bond acceptors (Lipinski definition) is 3. The standard InChI is InChI=1S/C26H25FN2O3/c1-19-4-2-5-20(16-19)18-32-24-7-3-6-22(17-24)26(31)29-14-12-28(13-15-29)25(30)21-8-10-23(27)11-9-21/h2-11,16-17H,12-15,18H2,1H3. The molecule has 32 heavy (non-hydrogen) atoms. The minimum absolute atomic E-state index is 0.0834. The van der Waals surface area contributed by atoms with E-state index in [0.717, 1.165) is 5.56 Å². The second kappa shape index (κ2) is 9.64. The van der Waals surface area contributed by atoms with Crippen molar-refractivity contribution in [2.75, 3.05) is 26.2 Å². The van der Waals surface area contributed by atoms with Crippen LogP contribution < -0.4 is 4.74 Å². The summed E-state index contributed by atoms with van der Waals surface area (Å²) in [6.45, 7) is 4.23. The summed E-state index contributed by atoms with van der Waals surface area (Å²) in [5.41, 5.74) is 3.26. The number of carbonyl (C=O) groups is 2. The molecule has 6 heteroatoms. The number of carbonyl (C=O) groups excluding carboxylic acids is 2. The third-order valence-electron chi connectivity index (χ3n) is 5.51. The van der Waals surface area contributed by atoms with E-state index in [4.69, 9.17) is 4.74 Å². The van der Waals surface area contributed by atoms with Crippen LogP contribution in [-0.4, -0.2) is 47.8 Å². The zero-order chi connectivity index (χ0) is 22.5. The predicted molar refractivity (Wildman–Crippen MR) is 120 cm³/mol. The molecule has 3 aromatic carbocycles. The lowest BCUT2D eigenvalue weighted by molar-refractivity contribution is 0.0535. The van der Waals surface area contributed by atoms with Gasteiger partial charge in [0.25, 0.3) is 11.8 Å². The zero-order valence-corrected chi connectivity index (χ0v) is 18.0. The summed E-state index contributed by atoms with van der Waals surface area (Å²) >= 11 is 0. The van der Waals surface area contributed by atoms with Crippen LogP contribution in [-0.2, 0) is 6.61 Å². The zero-order valence-electron chi connectivity index (χ0n) is 18.0. The lowest BCUT2D eigenvalue weighted by atomic mass is 10.1. The highest BCUT2D eigenvalue weighted by molar-refractivity contribution is 5.96. The van der Waals surface area contributed by atoms with Crippen LogP contribution in [0.1, 0.15) is 31.8 Å². The predicted octanol–water partition coefficient (Wildman–Crippen LogP) is 4.31. The molecule has 4 rings (SSSR count). The molecule has 0 bridgehead atoms. The highest BCUT2D eigenvalue weighted by atomic mass is 19.1. The first-order valence-corrected chi connectivity index (χ1v) is 10.6. The average Bonchev–Trinajstić information content (AvgIpc) is 2.83. The van der Waals surface area contributed by atoms with Gasteiger partial charge in [0, 0.05) is 37.3 Å². The molecule has 164 valence electrons. The maximum absolute atomic E-state index is 13.1. The summed E-state index contributed by atoms with van der Waals surface area (Å²) in [5, 5.41) is 0. The highest BCUT2D eigenvalue weighted by Crippen LogP contribution is 2.18. The number of piperazine rings is 1. The molecule has 2 amide bonds. The summed E-state index contributed by atoms with van der Waals surface area (Å²) in [4.78, 5) is 29.0. The van der Waals surface area contributed by atoms with E-state index < -0.39 is 0 Å². The molecule has 0 spiro atoms. The van der Waals surface area contributed by atoms with Gasteiger partial charge in [-0.1, -0.05) is 35.9 Å². The molecule has 0 unspecified atom stereocenters. The number of ether oxygens (including phenoxy) is 1. The Morgan fingerprint density at radius 2 is 1.44 bits per heavy atom. The third kappa shape index (κ3) is 5.14. The lowest BCUT2D eigenvalue weighted by Gasteiger charge is -2.35. The van der Waals surface area contributed by atoms with Gasteiger partial charge in [-0.15, -0.1) is 0 Å². The van der Waals surface area contributed by atoms with Crippen molar-refractivity contribution in [3.8, 4) is 5.75 Å². The molecule has 1 aliphatic heterocycles. The van der Waals surface area contributed by atoms with E-state index >= 15 is 0 Å². The summed E-state index contributed by atoms with van der Waals surface area (Å²) in [6.07, 6.45) is 0. The van der Waals surface area contributed by atoms with E-state index in [2.05, 4.69) is 6.07 Å². The summed E-state index contributed by atoms with van der Waals surface area (Å²) in [5.74, 6) is 0.0352. The first-order chi connectivity index (χ1) is 15.5. The smallest absolute Gasteiger partial charge is 0.254 e. The van der Waals surface area contributed by atoms with Crippen LogP contribution in [0.5, 0.6) is 5.75 Å². The second-order valence-electron chi connectivity index (χ2n) is 7.90. The van der Waals surface area contributed by atoms with Gasteiger partial charge in [0.2, 0.25) is 0 Å². The van der Waals surface area contributed by atoms with Crippen molar-refractivity contribution in [3.05, 3.63) is 101 Å². The molecule has 5 nitrogen and oxygen atoms in total. The fourth-order valence-corrected chi connectivity index (χ4v) is 3.76. The molecule has 1 aliphatic rings. The van der Waals surface area contributed by atoms with Crippen LogP contribution in [0.3, 0.4) is 0 Å². The molecule has 3 aromatic rings. The Morgan fingerprint density at radius 1 is 0.812 bits per heavy atom. The maximum Gasteiger partial charge on any atom is 0.254 e. The van der Waals surface area contributed by atoms with Gasteiger partial charge in [-0.2, -0.15) is 0 Å². The van der Waals surface area contributed by atoms with E-state index in [9.17, 15) is 14.0 Å².